The van der Waals surface area contributed by atoms with Gasteiger partial charge >= 0.3 is 12.2 Å². The summed E-state index contributed by atoms with van der Waals surface area (Å²) in [6, 6.07) is 6.47. The van der Waals surface area contributed by atoms with Gasteiger partial charge in [-0.15, -0.1) is 13.2 Å². The van der Waals surface area contributed by atoms with Gasteiger partial charge in [-0.3, -0.25) is 0 Å². The Hall–Kier alpha value is -5.85. The van der Waals surface area contributed by atoms with Gasteiger partial charge in [0.05, 0.1) is 5.57 Å². The van der Waals surface area contributed by atoms with Crippen LogP contribution in [-0.4, -0.2) is 26.3 Å². The minimum absolute atomic E-state index is 0.0175. The molecule has 0 spiro atoms. The Kier molecular flexibility index (Phi) is 6.31. The SMILES string of the molecule is [C-]#[N+]C([N+]#[C-])=C1Cc2c(-c3ncccn3)c3c(c(-c4ncccn4)c2=C1C)CC(=C(C#N)C#N)C=3OC(F)(F)F. The van der Waals surface area contributed by atoms with Crippen molar-refractivity contribution in [3.63, 3.8) is 0 Å². The first-order valence-corrected chi connectivity index (χ1v) is 11.5. The molecule has 0 atom stereocenters. The first-order valence-electron chi connectivity index (χ1n) is 11.5. The fourth-order valence-corrected chi connectivity index (χ4v) is 5.09. The fourth-order valence-electron chi connectivity index (χ4n) is 5.09. The predicted octanol–water partition coefficient (Wildman–Crippen LogP) is 3.92. The lowest BCUT2D eigenvalue weighted by Gasteiger charge is -2.15. The van der Waals surface area contributed by atoms with Gasteiger partial charge in [-0.2, -0.15) is 20.2 Å². The largest absolute Gasteiger partial charge is 0.573 e. The molecule has 5 rings (SSSR count). The molecule has 1 aromatic carbocycles. The van der Waals surface area contributed by atoms with Crippen LogP contribution in [0.5, 0.6) is 0 Å². The van der Waals surface area contributed by atoms with Crippen LogP contribution in [0.2, 0.25) is 0 Å². The summed E-state index contributed by atoms with van der Waals surface area (Å²) in [4.78, 5) is 24.0. The molecule has 0 saturated heterocycles. The molecular formula is C28H13F3N8O. The summed E-state index contributed by atoms with van der Waals surface area (Å²) in [5.41, 5.74) is 1.42. The lowest BCUT2D eigenvalue weighted by Crippen LogP contribution is -2.27. The molecule has 0 fully saturated rings. The molecule has 2 aliphatic carbocycles. The van der Waals surface area contributed by atoms with Crippen LogP contribution in [0.3, 0.4) is 0 Å². The van der Waals surface area contributed by atoms with Crippen LogP contribution in [0.1, 0.15) is 18.1 Å². The number of rotatable bonds is 3. The summed E-state index contributed by atoms with van der Waals surface area (Å²) in [5.74, 6) is -0.655. The second-order valence-electron chi connectivity index (χ2n) is 8.56. The summed E-state index contributed by atoms with van der Waals surface area (Å²) in [6.07, 6.45) is 0.369. The standard InChI is InChI=1S/C28H13F3N8O/c1-14-16(25(34-2)35-3)10-18-20(14)22(26-36-6-4-7-37-26)19-11-17(15(12-32)13-33)24(40-28(29,30)31)21(19)23(18)27-38-8-5-9-39-27/h4-9H,10-11H2,1H3. The molecule has 3 aromatic rings. The van der Waals surface area contributed by atoms with Gasteiger partial charge in [0.15, 0.2) is 11.6 Å². The van der Waals surface area contributed by atoms with Crippen LogP contribution < -0.4 is 10.4 Å². The van der Waals surface area contributed by atoms with E-state index in [2.05, 4.69) is 34.4 Å². The minimum atomic E-state index is -5.16. The molecule has 12 heteroatoms. The Bertz CT molecular complexity index is 1920. The average molecular weight is 534 g/mol. The normalized spacial score (nSPS) is 13.5. The van der Waals surface area contributed by atoms with E-state index < -0.39 is 17.7 Å². The van der Waals surface area contributed by atoms with Crippen LogP contribution in [0.4, 0.5) is 13.2 Å². The minimum Gasteiger partial charge on any atom is -0.405 e. The summed E-state index contributed by atoms with van der Waals surface area (Å²) in [7, 11) is 0. The van der Waals surface area contributed by atoms with Crippen molar-refractivity contribution in [3.8, 4) is 34.9 Å². The van der Waals surface area contributed by atoms with Gasteiger partial charge in [0.1, 0.15) is 36.6 Å². The van der Waals surface area contributed by atoms with E-state index in [0.29, 0.717) is 27.5 Å². The van der Waals surface area contributed by atoms with Gasteiger partial charge in [0.25, 0.3) is 0 Å². The maximum absolute atomic E-state index is 13.8. The highest BCUT2D eigenvalue weighted by Gasteiger charge is 2.40. The number of nitriles is 2. The summed E-state index contributed by atoms with van der Waals surface area (Å²) in [6.45, 7) is 16.7. The van der Waals surface area contributed by atoms with Crippen molar-refractivity contribution in [2.45, 2.75) is 26.1 Å². The molecule has 0 aliphatic heterocycles. The lowest BCUT2D eigenvalue weighted by atomic mass is 9.92. The van der Waals surface area contributed by atoms with Gasteiger partial charge in [-0.05, 0) is 47.4 Å². The number of aromatic nitrogens is 4. The molecular weight excluding hydrogens is 521 g/mol. The van der Waals surface area contributed by atoms with Crippen LogP contribution >= 0.6 is 0 Å². The molecule has 9 nitrogen and oxygen atoms in total. The van der Waals surface area contributed by atoms with Crippen molar-refractivity contribution in [2.24, 2.45) is 0 Å². The van der Waals surface area contributed by atoms with E-state index in [1.165, 1.54) is 24.8 Å². The molecule has 2 aromatic heterocycles. The Morgan fingerprint density at radius 2 is 1.32 bits per heavy atom. The first kappa shape index (κ1) is 25.8. The van der Waals surface area contributed by atoms with Gasteiger partial charge in [0, 0.05) is 53.1 Å². The highest BCUT2D eigenvalue weighted by molar-refractivity contribution is 5.88. The Morgan fingerprint density at radius 3 is 1.80 bits per heavy atom. The number of hydrogen-bond donors (Lipinski definition) is 0. The second-order valence-corrected chi connectivity index (χ2v) is 8.56. The maximum Gasteiger partial charge on any atom is 0.573 e. The van der Waals surface area contributed by atoms with Gasteiger partial charge in [-0.1, -0.05) is 0 Å². The van der Waals surface area contributed by atoms with Crippen molar-refractivity contribution < 1.29 is 17.9 Å². The van der Waals surface area contributed by atoms with E-state index in [1.807, 2.05) is 0 Å². The number of nitrogens with zero attached hydrogens (tertiary/aromatic N) is 8. The molecule has 40 heavy (non-hydrogen) atoms. The van der Waals surface area contributed by atoms with Crippen molar-refractivity contribution in [1.82, 2.24) is 19.9 Å². The van der Waals surface area contributed by atoms with Crippen LogP contribution in [0.25, 0.3) is 43.8 Å². The first-order chi connectivity index (χ1) is 19.2. The Morgan fingerprint density at radius 1 is 0.850 bits per heavy atom. The molecule has 0 saturated carbocycles. The predicted molar refractivity (Wildman–Crippen MR) is 133 cm³/mol. The van der Waals surface area contributed by atoms with E-state index in [0.717, 1.165) is 0 Å². The molecule has 0 unspecified atom stereocenters. The number of alkyl halides is 3. The van der Waals surface area contributed by atoms with E-state index in [-0.39, 0.29) is 52.2 Å². The monoisotopic (exact) mass is 534 g/mol. The third kappa shape index (κ3) is 4.11. The van der Waals surface area contributed by atoms with Crippen molar-refractivity contribution in [1.29, 1.82) is 10.5 Å². The molecule has 0 N–H and O–H groups in total. The molecule has 0 radical (unpaired) electrons. The molecule has 2 aliphatic rings. The summed E-state index contributed by atoms with van der Waals surface area (Å²) >= 11 is 0. The third-order valence-electron chi connectivity index (χ3n) is 6.55. The third-order valence-corrected chi connectivity index (χ3v) is 6.55. The van der Waals surface area contributed by atoms with Gasteiger partial charge in [0.2, 0.25) is 0 Å². The average Bonchev–Trinajstić information content (AvgIpc) is 3.47. The quantitative estimate of drug-likeness (QED) is 0.369. The molecule has 192 valence electrons. The van der Waals surface area contributed by atoms with Crippen LogP contribution in [-0.2, 0) is 17.6 Å². The van der Waals surface area contributed by atoms with Gasteiger partial charge in [-0.25, -0.2) is 19.9 Å². The highest BCUT2D eigenvalue weighted by atomic mass is 19.4. The summed E-state index contributed by atoms with van der Waals surface area (Å²) in [5, 5.41) is 19.7. The zero-order valence-corrected chi connectivity index (χ0v) is 20.5. The number of allylic oxidation sites excluding steroid dienone is 2. The van der Waals surface area contributed by atoms with E-state index in [9.17, 15) is 23.7 Å². The molecule has 2 heterocycles. The molecule has 0 amide bonds. The van der Waals surface area contributed by atoms with E-state index in [1.54, 1.807) is 31.2 Å². The zero-order chi connectivity index (χ0) is 28.6. The number of ether oxygens (including phenoxy) is 1. The Labute approximate surface area is 224 Å². The van der Waals surface area contributed by atoms with Crippen molar-refractivity contribution in [3.05, 3.63) is 104 Å². The van der Waals surface area contributed by atoms with Crippen LogP contribution in [0, 0.1) is 35.8 Å². The highest BCUT2D eigenvalue weighted by Crippen LogP contribution is 2.39. The second kappa shape index (κ2) is 9.79. The van der Waals surface area contributed by atoms with E-state index >= 15 is 0 Å². The summed E-state index contributed by atoms with van der Waals surface area (Å²) < 4.78 is 46.0. The lowest BCUT2D eigenvalue weighted by molar-refractivity contribution is -0.290. The van der Waals surface area contributed by atoms with Crippen LogP contribution in [0.15, 0.2) is 59.5 Å². The number of halogens is 3. The zero-order valence-electron chi connectivity index (χ0n) is 20.5. The number of hydrogen-bond acceptors (Lipinski definition) is 7. The number of benzene rings is 1. The maximum atomic E-state index is 13.8. The fraction of sp³-hybridized carbons (Fsp3) is 0.143. The van der Waals surface area contributed by atoms with E-state index in [4.69, 9.17) is 13.1 Å². The van der Waals surface area contributed by atoms with Gasteiger partial charge < -0.3 is 4.74 Å². The van der Waals surface area contributed by atoms with Crippen molar-refractivity contribution in [2.75, 3.05) is 0 Å². The number of fused-ring (bicyclic) bond motifs is 2. The molecule has 0 bridgehead atoms. The topological polar surface area (TPSA) is 117 Å². The van der Waals surface area contributed by atoms with Crippen molar-refractivity contribution >= 4 is 11.3 Å². The Balaban J connectivity index is 2.12. The smallest absolute Gasteiger partial charge is 0.405 e.